The number of nitrogens with zero attached hydrogens (tertiary/aromatic N) is 1. The number of Topliss-reactive ketones (excluding diaryl/α,β-unsaturated/α-hetero) is 1. The number of unbranched alkanes of at least 4 members (excludes halogenated alkanes) is 2. The molecule has 0 spiro atoms. The number of carbonyl (C=O) groups is 1. The van der Waals surface area contributed by atoms with Crippen molar-refractivity contribution in [3.8, 4) is 22.6 Å². The summed E-state index contributed by atoms with van der Waals surface area (Å²) < 4.78 is 18.8. The maximum absolute atomic E-state index is 12.2. The quantitative estimate of drug-likeness (QED) is 0.0981. The number of aliphatic hydroxyl groups is 5. The first-order valence-electron chi connectivity index (χ1n) is 16.8. The summed E-state index contributed by atoms with van der Waals surface area (Å²) in [4.78, 5) is 16.7. The molecule has 2 aliphatic carbocycles. The lowest BCUT2D eigenvalue weighted by Crippen LogP contribution is -2.45. The number of benzene rings is 2. The van der Waals surface area contributed by atoms with E-state index in [-0.39, 0.29) is 18.6 Å². The molecule has 2 aliphatic rings. The number of rotatable bonds is 21. The van der Waals surface area contributed by atoms with Gasteiger partial charge in [0.1, 0.15) is 35.6 Å². The Kier molecular flexibility index (Phi) is 12.8. The highest BCUT2D eigenvalue weighted by atomic mass is 35.5. The lowest BCUT2D eigenvalue weighted by Gasteiger charge is -2.25. The minimum Gasteiger partial charge on any atom is -0.494 e. The van der Waals surface area contributed by atoms with Crippen LogP contribution in [-0.2, 0) is 21.7 Å². The molecule has 0 amide bonds. The molecule has 0 saturated heterocycles. The van der Waals surface area contributed by atoms with Gasteiger partial charge in [-0.1, -0.05) is 29.8 Å². The predicted octanol–water partition coefficient (Wildman–Crippen LogP) is 4.87. The van der Waals surface area contributed by atoms with E-state index in [2.05, 4.69) is 11.1 Å². The lowest BCUT2D eigenvalue weighted by atomic mass is 9.96. The Morgan fingerprint density at radius 2 is 1.71 bits per heavy atom. The van der Waals surface area contributed by atoms with E-state index in [1.165, 1.54) is 0 Å². The summed E-state index contributed by atoms with van der Waals surface area (Å²) in [5.41, 5.74) is 3.54. The van der Waals surface area contributed by atoms with E-state index < -0.39 is 36.6 Å². The zero-order valence-corrected chi connectivity index (χ0v) is 27.8. The first-order valence-corrected chi connectivity index (χ1v) is 17.2. The van der Waals surface area contributed by atoms with Gasteiger partial charge in [-0.25, -0.2) is 0 Å². The van der Waals surface area contributed by atoms with Crippen LogP contribution in [0.2, 0.25) is 5.02 Å². The maximum atomic E-state index is 12.2. The number of halogens is 1. The topological polar surface area (TPSA) is 159 Å². The summed E-state index contributed by atoms with van der Waals surface area (Å²) in [6.45, 7) is 0.0410. The van der Waals surface area contributed by atoms with Crippen LogP contribution >= 0.6 is 11.6 Å². The van der Waals surface area contributed by atoms with Crippen LogP contribution in [0.4, 0.5) is 0 Å². The van der Waals surface area contributed by atoms with Crippen LogP contribution in [0.5, 0.6) is 11.5 Å². The minimum atomic E-state index is -1.69. The molecule has 1 aromatic heterocycles. The van der Waals surface area contributed by atoms with Crippen molar-refractivity contribution in [1.82, 2.24) is 4.98 Å². The number of aliphatic hydroxyl groups excluding tert-OH is 5. The molecule has 4 atom stereocenters. The molecule has 0 bridgehead atoms. The minimum absolute atomic E-state index is 0.0395. The molecule has 5 rings (SSSR count). The molecule has 48 heavy (non-hydrogen) atoms. The molecule has 2 saturated carbocycles. The molecular weight excluding hydrogens is 638 g/mol. The molecule has 11 heteroatoms. The first-order chi connectivity index (χ1) is 23.2. The van der Waals surface area contributed by atoms with E-state index >= 15 is 0 Å². The van der Waals surface area contributed by atoms with Crippen molar-refractivity contribution in [2.24, 2.45) is 0 Å². The fraction of sp³-hybridized carbons (Fsp3) is 0.514. The number of hydrogen-bond donors (Lipinski definition) is 5. The zero-order valence-electron chi connectivity index (χ0n) is 27.0. The van der Waals surface area contributed by atoms with Gasteiger partial charge >= 0.3 is 0 Å². The van der Waals surface area contributed by atoms with Gasteiger partial charge in [0.05, 0.1) is 37.6 Å². The highest BCUT2D eigenvalue weighted by molar-refractivity contribution is 6.31. The van der Waals surface area contributed by atoms with E-state index in [1.54, 1.807) is 6.20 Å². The van der Waals surface area contributed by atoms with Crippen molar-refractivity contribution >= 4 is 17.4 Å². The Labute approximate surface area is 286 Å². The highest BCUT2D eigenvalue weighted by Gasteiger charge is 2.48. The van der Waals surface area contributed by atoms with Gasteiger partial charge in [0.25, 0.3) is 0 Å². The van der Waals surface area contributed by atoms with E-state index in [0.29, 0.717) is 42.9 Å². The third kappa shape index (κ3) is 9.75. The lowest BCUT2D eigenvalue weighted by molar-refractivity contribution is -0.125. The zero-order chi connectivity index (χ0) is 34.1. The molecule has 1 heterocycles. The van der Waals surface area contributed by atoms with Gasteiger partial charge in [0.15, 0.2) is 0 Å². The first kappa shape index (κ1) is 36.2. The Bertz CT molecular complexity index is 1500. The molecule has 5 N–H and O–H groups in total. The molecule has 0 aliphatic heterocycles. The Morgan fingerprint density at radius 1 is 0.938 bits per heavy atom. The number of hydrogen-bond acceptors (Lipinski definition) is 10. The Morgan fingerprint density at radius 3 is 2.46 bits per heavy atom. The average Bonchev–Trinajstić information content (AvgIpc) is 4.05. The van der Waals surface area contributed by atoms with Crippen LogP contribution < -0.4 is 9.47 Å². The number of aromatic nitrogens is 1. The van der Waals surface area contributed by atoms with Crippen molar-refractivity contribution < 1.29 is 44.5 Å². The van der Waals surface area contributed by atoms with Crippen molar-refractivity contribution in [1.29, 1.82) is 0 Å². The van der Waals surface area contributed by atoms with Crippen LogP contribution in [0, 0.1) is 0 Å². The number of carbonyl (C=O) groups excluding carboxylic acids is 1. The number of ketones is 1. The monoisotopic (exact) mass is 683 g/mol. The third-order valence-corrected chi connectivity index (χ3v) is 9.31. The van der Waals surface area contributed by atoms with E-state index in [9.17, 15) is 25.2 Å². The molecular formula is C37H46ClNO9. The summed E-state index contributed by atoms with van der Waals surface area (Å²) in [5.74, 6) is 1.51. The number of para-hydroxylation sites is 1. The van der Waals surface area contributed by atoms with Crippen LogP contribution in [0.1, 0.15) is 75.3 Å². The highest BCUT2D eigenvalue weighted by Crippen LogP contribution is 2.53. The van der Waals surface area contributed by atoms with E-state index in [1.807, 2.05) is 48.7 Å². The fourth-order valence-electron chi connectivity index (χ4n) is 5.68. The number of pyridine rings is 1. The SMILES string of the molecule is O=C(CCCCCOc1ccc(Cl)c(COC2(c3cnccc3-c3ccccc3OC3CC3)CC2)c1)CC[C@H](O)[C@@H](O)[C@H](O)[C@H](O)CO. The third-order valence-electron chi connectivity index (χ3n) is 8.95. The second kappa shape index (κ2) is 17.0. The standard InChI is InChI=1S/C37H46ClNO9/c38-31-13-12-27(46-19-5-1-2-6-25(41)9-14-32(42)35(44)36(45)33(43)22-40)20-24(31)23-47-37(16-17-37)30-21-39-18-15-28(30)29-7-3-4-8-34(29)48-26-10-11-26/h3-4,7-8,12-13,15,18,20-21,26,32-33,35-36,40,42-45H,1-2,5-6,9-11,14,16-17,19,22-23H2/t32-,33+,35+,36+/m0/s1. The van der Waals surface area contributed by atoms with Gasteiger partial charge in [-0.05, 0) is 87.3 Å². The van der Waals surface area contributed by atoms with Crippen LogP contribution in [0.3, 0.4) is 0 Å². The van der Waals surface area contributed by atoms with Crippen LogP contribution in [0.25, 0.3) is 11.1 Å². The largest absolute Gasteiger partial charge is 0.494 e. The molecule has 260 valence electrons. The van der Waals surface area contributed by atoms with Gasteiger partial charge in [-0.3, -0.25) is 9.78 Å². The van der Waals surface area contributed by atoms with Gasteiger partial charge in [0, 0.05) is 46.9 Å². The summed E-state index contributed by atoms with van der Waals surface area (Å²) >= 11 is 6.56. The average molecular weight is 684 g/mol. The van der Waals surface area contributed by atoms with E-state index in [0.717, 1.165) is 66.5 Å². The molecule has 3 aromatic rings. The van der Waals surface area contributed by atoms with Gasteiger partial charge in [-0.15, -0.1) is 0 Å². The Hall–Kier alpha value is -3.09. The summed E-state index contributed by atoms with van der Waals surface area (Å²) in [6.07, 6.45) is 4.13. The molecule has 0 unspecified atom stereocenters. The smallest absolute Gasteiger partial charge is 0.133 e. The molecule has 10 nitrogen and oxygen atoms in total. The van der Waals surface area contributed by atoms with Crippen LogP contribution in [0.15, 0.2) is 60.9 Å². The summed E-state index contributed by atoms with van der Waals surface area (Å²) in [6, 6.07) is 15.7. The van der Waals surface area contributed by atoms with Crippen molar-refractivity contribution in [2.45, 2.75) is 107 Å². The van der Waals surface area contributed by atoms with E-state index in [4.69, 9.17) is 30.9 Å². The Balaban J connectivity index is 1.06. The molecule has 0 radical (unpaired) electrons. The molecule has 2 fully saturated rings. The van der Waals surface area contributed by atoms with Crippen molar-refractivity contribution in [3.05, 3.63) is 77.1 Å². The summed E-state index contributed by atoms with van der Waals surface area (Å²) in [5, 5.41) is 48.4. The van der Waals surface area contributed by atoms with Crippen molar-refractivity contribution in [3.63, 3.8) is 0 Å². The van der Waals surface area contributed by atoms with Crippen LogP contribution in [-0.4, -0.2) is 80.0 Å². The second-order valence-corrected chi connectivity index (χ2v) is 13.2. The summed E-state index contributed by atoms with van der Waals surface area (Å²) in [7, 11) is 0. The maximum Gasteiger partial charge on any atom is 0.133 e. The normalized spacial score (nSPS) is 17.7. The second-order valence-electron chi connectivity index (χ2n) is 12.8. The fourth-order valence-corrected chi connectivity index (χ4v) is 5.85. The van der Waals surface area contributed by atoms with Gasteiger partial charge in [-0.2, -0.15) is 0 Å². The number of ether oxygens (including phenoxy) is 3. The van der Waals surface area contributed by atoms with Gasteiger partial charge in [0.2, 0.25) is 0 Å². The van der Waals surface area contributed by atoms with Crippen molar-refractivity contribution in [2.75, 3.05) is 13.2 Å². The molecule has 2 aromatic carbocycles. The van der Waals surface area contributed by atoms with Gasteiger partial charge < -0.3 is 39.7 Å². The predicted molar refractivity (Wildman–Crippen MR) is 180 cm³/mol.